The first-order chi connectivity index (χ1) is 9.06. The molecule has 1 N–H and O–H groups in total. The molecule has 1 aliphatic rings. The van der Waals surface area contributed by atoms with E-state index in [1.54, 1.807) is 0 Å². The first-order valence-electron chi connectivity index (χ1n) is 7.06. The van der Waals surface area contributed by atoms with Gasteiger partial charge in [-0.2, -0.15) is 0 Å². The van der Waals surface area contributed by atoms with Gasteiger partial charge in [-0.3, -0.25) is 0 Å². The van der Waals surface area contributed by atoms with Crippen molar-refractivity contribution in [1.82, 2.24) is 0 Å². The normalized spacial score (nSPS) is 21.6. The maximum absolute atomic E-state index is 10.9. The molecule has 1 aliphatic carbocycles. The van der Waals surface area contributed by atoms with E-state index in [4.69, 9.17) is 5.11 Å². The fourth-order valence-corrected chi connectivity index (χ4v) is 3.03. The van der Waals surface area contributed by atoms with E-state index in [0.717, 1.165) is 31.3 Å². The first kappa shape index (κ1) is 13.9. The summed E-state index contributed by atoms with van der Waals surface area (Å²) in [5, 5.41) is 8.96. The van der Waals surface area contributed by atoms with Gasteiger partial charge in [0.25, 0.3) is 0 Å². The lowest BCUT2D eigenvalue weighted by Gasteiger charge is -2.26. The van der Waals surface area contributed by atoms with Crippen LogP contribution in [0.15, 0.2) is 29.8 Å². The number of carbonyl (C=O) groups is 1. The molecule has 2 heteroatoms. The van der Waals surface area contributed by atoms with Crippen molar-refractivity contribution in [2.24, 2.45) is 5.92 Å². The zero-order valence-electron chi connectivity index (χ0n) is 11.8. The van der Waals surface area contributed by atoms with Gasteiger partial charge in [-0.15, -0.1) is 0 Å². The molecule has 0 spiro atoms. The van der Waals surface area contributed by atoms with Gasteiger partial charge in [0.2, 0.25) is 0 Å². The molecule has 0 aliphatic heterocycles. The molecule has 1 aromatic carbocycles. The zero-order valence-corrected chi connectivity index (χ0v) is 11.8. The van der Waals surface area contributed by atoms with Gasteiger partial charge < -0.3 is 5.11 Å². The molecule has 1 aromatic rings. The van der Waals surface area contributed by atoms with Crippen molar-refractivity contribution < 1.29 is 9.90 Å². The Kier molecular flexibility index (Phi) is 4.41. The van der Waals surface area contributed by atoms with E-state index < -0.39 is 5.97 Å². The van der Waals surface area contributed by atoms with Crippen LogP contribution in [0.5, 0.6) is 0 Å². The maximum atomic E-state index is 10.9. The van der Waals surface area contributed by atoms with Crippen molar-refractivity contribution in [2.45, 2.75) is 46.0 Å². The van der Waals surface area contributed by atoms with E-state index >= 15 is 0 Å². The number of aryl methyl sites for hydroxylation is 2. The molecule has 1 saturated carbocycles. The molecular weight excluding hydrogens is 236 g/mol. The lowest BCUT2D eigenvalue weighted by atomic mass is 9.79. The van der Waals surface area contributed by atoms with Gasteiger partial charge >= 0.3 is 5.97 Å². The molecule has 0 bridgehead atoms. The monoisotopic (exact) mass is 258 g/mol. The average molecular weight is 258 g/mol. The Labute approximate surface area is 115 Å². The summed E-state index contributed by atoms with van der Waals surface area (Å²) in [6.45, 7) is 4.25. The number of carboxylic acid groups (broad SMARTS) is 1. The summed E-state index contributed by atoms with van der Waals surface area (Å²) < 4.78 is 0. The Bertz CT molecular complexity index is 500. The fraction of sp³-hybridized carbons (Fsp3) is 0.471. The van der Waals surface area contributed by atoms with Crippen LogP contribution < -0.4 is 0 Å². The Balaban J connectivity index is 2.17. The minimum atomic E-state index is -0.803. The van der Waals surface area contributed by atoms with Crippen molar-refractivity contribution in [3.63, 3.8) is 0 Å². The summed E-state index contributed by atoms with van der Waals surface area (Å²) in [5.74, 6) is -0.395. The van der Waals surface area contributed by atoms with Crippen LogP contribution in [-0.4, -0.2) is 11.1 Å². The third kappa shape index (κ3) is 3.69. The van der Waals surface area contributed by atoms with Crippen molar-refractivity contribution in [1.29, 1.82) is 0 Å². The van der Waals surface area contributed by atoms with Gasteiger partial charge in [-0.25, -0.2) is 4.79 Å². The Morgan fingerprint density at radius 2 is 2.16 bits per heavy atom. The van der Waals surface area contributed by atoms with E-state index in [1.165, 1.54) is 29.2 Å². The Hall–Kier alpha value is -1.57. The Morgan fingerprint density at radius 1 is 1.37 bits per heavy atom. The van der Waals surface area contributed by atoms with E-state index in [1.807, 2.05) is 0 Å². The molecule has 1 unspecified atom stereocenters. The number of aliphatic carboxylic acids is 1. The van der Waals surface area contributed by atoms with Crippen LogP contribution in [0, 0.1) is 19.8 Å². The second-order valence-corrected chi connectivity index (χ2v) is 5.63. The van der Waals surface area contributed by atoms with Crippen molar-refractivity contribution in [2.75, 3.05) is 0 Å². The fourth-order valence-electron chi connectivity index (χ4n) is 3.03. The van der Waals surface area contributed by atoms with Crippen LogP contribution in [0.25, 0.3) is 0 Å². The molecular formula is C17H22O2. The van der Waals surface area contributed by atoms with Gasteiger partial charge in [0.1, 0.15) is 0 Å². The number of carboxylic acids is 1. The van der Waals surface area contributed by atoms with Crippen LogP contribution in [0.2, 0.25) is 0 Å². The van der Waals surface area contributed by atoms with Crippen LogP contribution in [-0.2, 0) is 11.2 Å². The molecule has 102 valence electrons. The molecule has 0 radical (unpaired) electrons. The third-order valence-electron chi connectivity index (χ3n) is 4.07. The van der Waals surface area contributed by atoms with Crippen molar-refractivity contribution >= 4 is 5.97 Å². The SMILES string of the molecule is Cc1ccc(CC2CCCC/C2=C\C(=O)O)c(C)c1. The largest absolute Gasteiger partial charge is 0.478 e. The van der Waals surface area contributed by atoms with Crippen LogP contribution in [0.3, 0.4) is 0 Å². The van der Waals surface area contributed by atoms with Crippen LogP contribution >= 0.6 is 0 Å². The summed E-state index contributed by atoms with van der Waals surface area (Å²) in [6.07, 6.45) is 6.82. The summed E-state index contributed by atoms with van der Waals surface area (Å²) >= 11 is 0. The number of allylic oxidation sites excluding steroid dienone is 1. The molecule has 1 fully saturated rings. The summed E-state index contributed by atoms with van der Waals surface area (Å²) in [4.78, 5) is 10.9. The molecule has 2 rings (SSSR count). The topological polar surface area (TPSA) is 37.3 Å². The van der Waals surface area contributed by atoms with Gasteiger partial charge in [-0.05, 0) is 56.6 Å². The smallest absolute Gasteiger partial charge is 0.328 e. The molecule has 0 saturated heterocycles. The number of hydrogen-bond acceptors (Lipinski definition) is 1. The summed E-state index contributed by atoms with van der Waals surface area (Å²) in [6, 6.07) is 6.54. The quantitative estimate of drug-likeness (QED) is 0.830. The van der Waals surface area contributed by atoms with E-state index in [2.05, 4.69) is 32.0 Å². The van der Waals surface area contributed by atoms with Crippen LogP contribution in [0.4, 0.5) is 0 Å². The van der Waals surface area contributed by atoms with Crippen molar-refractivity contribution in [3.8, 4) is 0 Å². The highest BCUT2D eigenvalue weighted by Crippen LogP contribution is 2.32. The number of benzene rings is 1. The highest BCUT2D eigenvalue weighted by Gasteiger charge is 2.20. The minimum Gasteiger partial charge on any atom is -0.478 e. The average Bonchev–Trinajstić information content (AvgIpc) is 2.34. The molecule has 0 amide bonds. The highest BCUT2D eigenvalue weighted by molar-refractivity contribution is 5.80. The zero-order chi connectivity index (χ0) is 13.8. The minimum absolute atomic E-state index is 0.409. The standard InChI is InChI=1S/C17H22O2/c1-12-7-8-14(13(2)9-12)10-15-5-3-4-6-16(15)11-17(18)19/h7-9,11,15H,3-6,10H2,1-2H3,(H,18,19)/b16-11+. The Morgan fingerprint density at radius 3 is 2.84 bits per heavy atom. The van der Waals surface area contributed by atoms with E-state index in [-0.39, 0.29) is 0 Å². The second-order valence-electron chi connectivity index (χ2n) is 5.63. The lowest BCUT2D eigenvalue weighted by molar-refractivity contribution is -0.131. The van der Waals surface area contributed by atoms with Crippen molar-refractivity contribution in [3.05, 3.63) is 46.5 Å². The molecule has 0 aromatic heterocycles. The maximum Gasteiger partial charge on any atom is 0.328 e. The number of rotatable bonds is 3. The second kappa shape index (κ2) is 6.05. The van der Waals surface area contributed by atoms with Gasteiger partial charge in [0.15, 0.2) is 0 Å². The van der Waals surface area contributed by atoms with Gasteiger partial charge in [0.05, 0.1) is 0 Å². The third-order valence-corrected chi connectivity index (χ3v) is 4.07. The van der Waals surface area contributed by atoms with E-state index in [9.17, 15) is 4.79 Å². The lowest BCUT2D eigenvalue weighted by Crippen LogP contribution is -2.15. The van der Waals surface area contributed by atoms with Gasteiger partial charge in [0, 0.05) is 6.08 Å². The first-order valence-corrected chi connectivity index (χ1v) is 7.06. The predicted molar refractivity (Wildman–Crippen MR) is 77.3 cm³/mol. The summed E-state index contributed by atoms with van der Waals surface area (Å²) in [5.41, 5.74) is 5.08. The predicted octanol–water partition coefficient (Wildman–Crippen LogP) is 4.05. The van der Waals surface area contributed by atoms with Crippen LogP contribution in [0.1, 0.15) is 42.4 Å². The molecule has 2 nitrogen and oxygen atoms in total. The molecule has 19 heavy (non-hydrogen) atoms. The number of hydrogen-bond donors (Lipinski definition) is 1. The van der Waals surface area contributed by atoms with E-state index in [0.29, 0.717) is 5.92 Å². The molecule has 0 heterocycles. The summed E-state index contributed by atoms with van der Waals surface area (Å²) in [7, 11) is 0. The molecule has 1 atom stereocenters. The van der Waals surface area contributed by atoms with Gasteiger partial charge in [-0.1, -0.05) is 35.8 Å². The highest BCUT2D eigenvalue weighted by atomic mass is 16.4.